The number of anilines is 3. The van der Waals surface area contributed by atoms with Crippen molar-refractivity contribution in [3.63, 3.8) is 0 Å². The van der Waals surface area contributed by atoms with Gasteiger partial charge in [0.2, 0.25) is 17.8 Å². The number of carbonyl (C=O) groups excluding carboxylic acids is 2. The molecule has 2 aromatic carbocycles. The highest BCUT2D eigenvalue weighted by Crippen LogP contribution is 2.25. The van der Waals surface area contributed by atoms with Crippen LogP contribution < -0.4 is 10.2 Å². The fourth-order valence-electron chi connectivity index (χ4n) is 4.10. The normalized spacial score (nSPS) is 16.4. The van der Waals surface area contributed by atoms with Crippen LogP contribution in [0.3, 0.4) is 0 Å². The lowest BCUT2D eigenvalue weighted by atomic mass is 10.1. The maximum absolute atomic E-state index is 12.8. The molecule has 8 nitrogen and oxygen atoms in total. The molecule has 0 bridgehead atoms. The van der Waals surface area contributed by atoms with Crippen LogP contribution in [-0.2, 0) is 9.59 Å². The van der Waals surface area contributed by atoms with Crippen LogP contribution in [0.2, 0.25) is 0 Å². The second kappa shape index (κ2) is 10.0. The summed E-state index contributed by atoms with van der Waals surface area (Å²) in [6, 6.07) is 18.5. The van der Waals surface area contributed by atoms with Gasteiger partial charge in [0.25, 0.3) is 0 Å². The van der Waals surface area contributed by atoms with Crippen LogP contribution in [0.1, 0.15) is 29.5 Å². The summed E-state index contributed by atoms with van der Waals surface area (Å²) in [5.41, 5.74) is 4.09. The average molecular weight is 460 g/mol. The number of aliphatic hydroxyl groups excluding tert-OH is 1. The van der Waals surface area contributed by atoms with E-state index < -0.39 is 12.0 Å². The van der Waals surface area contributed by atoms with E-state index in [0.29, 0.717) is 18.2 Å². The van der Waals surface area contributed by atoms with Crippen LogP contribution in [0.15, 0.2) is 60.7 Å². The molecule has 2 unspecified atom stereocenters. The topological polar surface area (TPSA) is 98.7 Å². The molecule has 2 atom stereocenters. The van der Waals surface area contributed by atoms with Gasteiger partial charge in [-0.2, -0.15) is 0 Å². The van der Waals surface area contributed by atoms with E-state index in [2.05, 4.69) is 15.3 Å². The van der Waals surface area contributed by atoms with Crippen molar-refractivity contribution in [2.45, 2.75) is 26.4 Å². The Balaban J connectivity index is 1.35. The van der Waals surface area contributed by atoms with Gasteiger partial charge in [-0.25, -0.2) is 9.97 Å². The molecule has 2 amide bonds. The molecule has 34 heavy (non-hydrogen) atoms. The Bertz CT molecular complexity index is 1150. The number of aryl methyl sites for hydroxylation is 2. The predicted molar refractivity (Wildman–Crippen MR) is 131 cm³/mol. The molecule has 1 fully saturated rings. The van der Waals surface area contributed by atoms with Crippen LogP contribution in [-0.4, -0.2) is 51.9 Å². The molecular formula is C26H29N5O3. The summed E-state index contributed by atoms with van der Waals surface area (Å²) in [6.45, 7) is 4.33. The monoisotopic (exact) mass is 459 g/mol. The summed E-state index contributed by atoms with van der Waals surface area (Å²) >= 11 is 0. The van der Waals surface area contributed by atoms with Crippen LogP contribution in [0.25, 0.3) is 0 Å². The summed E-state index contributed by atoms with van der Waals surface area (Å²) in [5, 5.41) is 13.3. The SMILES string of the molecule is Cc1cc(C)nc(N(C)c2ccc(NC(=O)C3CC(=O)N(CC(O)c4ccccc4)C3)cc2)n1. The first-order chi connectivity index (χ1) is 16.3. The smallest absolute Gasteiger partial charge is 0.230 e. The number of hydrogen-bond acceptors (Lipinski definition) is 6. The van der Waals surface area contributed by atoms with Crippen molar-refractivity contribution in [3.8, 4) is 0 Å². The lowest BCUT2D eigenvalue weighted by Crippen LogP contribution is -2.31. The van der Waals surface area contributed by atoms with E-state index in [1.807, 2.05) is 86.5 Å². The summed E-state index contributed by atoms with van der Waals surface area (Å²) in [4.78, 5) is 37.6. The molecular weight excluding hydrogens is 430 g/mol. The highest BCUT2D eigenvalue weighted by atomic mass is 16.3. The number of benzene rings is 2. The van der Waals surface area contributed by atoms with Crippen LogP contribution in [0.4, 0.5) is 17.3 Å². The number of nitrogens with zero attached hydrogens (tertiary/aromatic N) is 4. The second-order valence-electron chi connectivity index (χ2n) is 8.67. The number of rotatable bonds is 7. The van der Waals surface area contributed by atoms with Gasteiger partial charge in [-0.3, -0.25) is 9.59 Å². The summed E-state index contributed by atoms with van der Waals surface area (Å²) in [7, 11) is 1.89. The van der Waals surface area contributed by atoms with E-state index in [1.54, 1.807) is 4.90 Å². The van der Waals surface area contributed by atoms with E-state index in [-0.39, 0.29) is 24.8 Å². The van der Waals surface area contributed by atoms with Crippen molar-refractivity contribution in [1.82, 2.24) is 14.9 Å². The zero-order chi connectivity index (χ0) is 24.2. The Labute approximate surface area is 199 Å². The van der Waals surface area contributed by atoms with E-state index in [9.17, 15) is 14.7 Å². The van der Waals surface area contributed by atoms with Gasteiger partial charge in [0, 0.05) is 42.8 Å². The molecule has 0 aliphatic carbocycles. The molecule has 176 valence electrons. The Morgan fingerprint density at radius 1 is 1.12 bits per heavy atom. The molecule has 2 N–H and O–H groups in total. The number of nitrogens with one attached hydrogen (secondary N) is 1. The van der Waals surface area contributed by atoms with Gasteiger partial charge in [-0.1, -0.05) is 30.3 Å². The first-order valence-electron chi connectivity index (χ1n) is 11.3. The van der Waals surface area contributed by atoms with Gasteiger partial charge in [0.15, 0.2) is 0 Å². The minimum absolute atomic E-state index is 0.124. The fraction of sp³-hybridized carbons (Fsp3) is 0.308. The first-order valence-corrected chi connectivity index (χ1v) is 11.3. The Kier molecular flexibility index (Phi) is 6.88. The van der Waals surface area contributed by atoms with Gasteiger partial charge in [-0.15, -0.1) is 0 Å². The molecule has 1 saturated heterocycles. The molecule has 1 aliphatic heterocycles. The standard InChI is InChI=1S/C26H29N5O3/c1-17-13-18(2)28-26(27-17)30(3)22-11-9-21(10-12-22)29-25(34)20-14-24(33)31(15-20)16-23(32)19-7-5-4-6-8-19/h4-13,20,23,32H,14-16H2,1-3H3,(H,29,34). The third kappa shape index (κ3) is 5.40. The van der Waals surface area contributed by atoms with Gasteiger partial charge < -0.3 is 20.2 Å². The third-order valence-electron chi connectivity index (χ3n) is 5.96. The molecule has 1 aromatic heterocycles. The number of likely N-dealkylation sites (tertiary alicyclic amines) is 1. The summed E-state index contributed by atoms with van der Waals surface area (Å²) < 4.78 is 0. The van der Waals surface area contributed by atoms with Crippen molar-refractivity contribution < 1.29 is 14.7 Å². The molecule has 1 aliphatic rings. The van der Waals surface area contributed by atoms with Crippen LogP contribution >= 0.6 is 0 Å². The van der Waals surface area contributed by atoms with Crippen molar-refractivity contribution in [3.05, 3.63) is 77.6 Å². The van der Waals surface area contributed by atoms with Crippen molar-refractivity contribution in [2.75, 3.05) is 30.4 Å². The van der Waals surface area contributed by atoms with E-state index in [4.69, 9.17) is 0 Å². The maximum atomic E-state index is 12.8. The van der Waals surface area contributed by atoms with Gasteiger partial charge in [0.1, 0.15) is 0 Å². The molecule has 0 radical (unpaired) electrons. The number of aromatic nitrogens is 2. The van der Waals surface area contributed by atoms with Crippen molar-refractivity contribution in [1.29, 1.82) is 0 Å². The van der Waals surface area contributed by atoms with E-state index in [1.165, 1.54) is 0 Å². The molecule has 2 heterocycles. The lowest BCUT2D eigenvalue weighted by molar-refractivity contribution is -0.129. The summed E-state index contributed by atoms with van der Waals surface area (Å²) in [6.07, 6.45) is -0.643. The number of amides is 2. The van der Waals surface area contributed by atoms with E-state index in [0.717, 1.165) is 22.6 Å². The van der Waals surface area contributed by atoms with Gasteiger partial charge in [-0.05, 0) is 49.7 Å². The van der Waals surface area contributed by atoms with E-state index >= 15 is 0 Å². The Morgan fingerprint density at radius 3 is 2.41 bits per heavy atom. The maximum Gasteiger partial charge on any atom is 0.230 e. The average Bonchev–Trinajstić information content (AvgIpc) is 3.19. The fourth-order valence-corrected chi connectivity index (χ4v) is 4.10. The van der Waals surface area contributed by atoms with Crippen LogP contribution in [0.5, 0.6) is 0 Å². The number of β-amino-alcohol motifs (C(OH)–C–C–N with tert-alkyl or cyclic N) is 1. The Morgan fingerprint density at radius 2 is 1.76 bits per heavy atom. The van der Waals surface area contributed by atoms with Gasteiger partial charge >= 0.3 is 0 Å². The first kappa shape index (κ1) is 23.4. The molecule has 0 spiro atoms. The molecule has 4 rings (SSSR count). The molecule has 8 heteroatoms. The molecule has 3 aromatic rings. The predicted octanol–water partition coefficient (Wildman–Crippen LogP) is 3.38. The van der Waals surface area contributed by atoms with Crippen molar-refractivity contribution >= 4 is 29.1 Å². The molecule has 0 saturated carbocycles. The largest absolute Gasteiger partial charge is 0.387 e. The minimum atomic E-state index is -0.780. The second-order valence-corrected chi connectivity index (χ2v) is 8.67. The quantitative estimate of drug-likeness (QED) is 0.562. The third-order valence-corrected chi connectivity index (χ3v) is 5.96. The lowest BCUT2D eigenvalue weighted by Gasteiger charge is -2.21. The Hall–Kier alpha value is -3.78. The minimum Gasteiger partial charge on any atom is -0.387 e. The summed E-state index contributed by atoms with van der Waals surface area (Å²) in [5.74, 6) is -0.178. The zero-order valence-corrected chi connectivity index (χ0v) is 19.6. The van der Waals surface area contributed by atoms with Gasteiger partial charge in [0.05, 0.1) is 18.6 Å². The van der Waals surface area contributed by atoms with Crippen molar-refractivity contribution in [2.24, 2.45) is 5.92 Å². The van der Waals surface area contributed by atoms with Crippen LogP contribution in [0, 0.1) is 19.8 Å². The zero-order valence-electron chi connectivity index (χ0n) is 19.6. The number of aliphatic hydroxyl groups is 1. The number of hydrogen-bond donors (Lipinski definition) is 2. The highest BCUT2D eigenvalue weighted by Gasteiger charge is 2.35. The highest BCUT2D eigenvalue weighted by molar-refractivity contribution is 5.97. The number of carbonyl (C=O) groups is 2.